The molecule has 4 rings (SSSR count). The van der Waals surface area contributed by atoms with E-state index in [-0.39, 0.29) is 23.7 Å². The highest BCUT2D eigenvalue weighted by molar-refractivity contribution is 6.34. The van der Waals surface area contributed by atoms with E-state index in [4.69, 9.17) is 22.1 Å². The predicted molar refractivity (Wildman–Crippen MR) is 136 cm³/mol. The monoisotopic (exact) mass is 493 g/mol. The van der Waals surface area contributed by atoms with Gasteiger partial charge in [-0.25, -0.2) is 9.18 Å². The molecule has 0 bridgehead atoms. The Morgan fingerprint density at radius 1 is 1.00 bits per heavy atom. The maximum absolute atomic E-state index is 14.6. The van der Waals surface area contributed by atoms with E-state index in [9.17, 15) is 14.0 Å². The Hall–Kier alpha value is -3.68. The van der Waals surface area contributed by atoms with Crippen LogP contribution in [0.3, 0.4) is 0 Å². The number of rotatable bonds is 7. The minimum absolute atomic E-state index is 0.0621. The van der Waals surface area contributed by atoms with Crippen molar-refractivity contribution in [2.45, 2.75) is 26.1 Å². The van der Waals surface area contributed by atoms with E-state index >= 15 is 0 Å². The third kappa shape index (κ3) is 4.92. The number of nitrogens with zero attached hydrogens (tertiary/aromatic N) is 2. The Labute approximate surface area is 207 Å². The van der Waals surface area contributed by atoms with Gasteiger partial charge >= 0.3 is 5.69 Å². The molecule has 1 aromatic heterocycles. The number of methoxy groups -OCH3 is 1. The summed E-state index contributed by atoms with van der Waals surface area (Å²) in [6.07, 6.45) is 1.42. The fraction of sp³-hybridized carbons (Fsp3) is 0.185. The highest BCUT2D eigenvalue weighted by Gasteiger charge is 2.20. The average Bonchev–Trinajstić information content (AvgIpc) is 2.86. The summed E-state index contributed by atoms with van der Waals surface area (Å²) in [6.45, 7) is 1.64. The summed E-state index contributed by atoms with van der Waals surface area (Å²) in [5.41, 5.74) is 7.64. The molecule has 1 heterocycles. The van der Waals surface area contributed by atoms with Crippen LogP contribution in [0.5, 0.6) is 5.75 Å². The predicted octanol–water partition coefficient (Wildman–Crippen LogP) is 4.53. The number of aryl methyl sites for hydroxylation is 1. The van der Waals surface area contributed by atoms with Crippen LogP contribution in [0.2, 0.25) is 5.02 Å². The van der Waals surface area contributed by atoms with E-state index in [0.29, 0.717) is 22.4 Å². The second kappa shape index (κ2) is 10.3. The number of hydrogen-bond acceptors (Lipinski definition) is 4. The minimum atomic E-state index is -0.610. The summed E-state index contributed by atoms with van der Waals surface area (Å²) in [7, 11) is 1.48. The topological polar surface area (TPSA) is 79.2 Å². The second-order valence-corrected chi connectivity index (χ2v) is 8.62. The third-order valence-corrected chi connectivity index (χ3v) is 6.39. The van der Waals surface area contributed by atoms with Crippen molar-refractivity contribution in [3.05, 3.63) is 121 Å². The number of benzene rings is 3. The van der Waals surface area contributed by atoms with E-state index in [1.165, 1.54) is 23.9 Å². The van der Waals surface area contributed by atoms with E-state index in [0.717, 1.165) is 10.1 Å². The van der Waals surface area contributed by atoms with Gasteiger partial charge in [-0.1, -0.05) is 66.2 Å². The van der Waals surface area contributed by atoms with Crippen molar-refractivity contribution in [2.75, 3.05) is 7.11 Å². The van der Waals surface area contributed by atoms with Gasteiger partial charge in [0.25, 0.3) is 5.56 Å². The van der Waals surface area contributed by atoms with Gasteiger partial charge in [0.15, 0.2) is 0 Å². The number of aromatic nitrogens is 2. The molecule has 6 nitrogen and oxygen atoms in total. The third-order valence-electron chi connectivity index (χ3n) is 6.00. The van der Waals surface area contributed by atoms with Gasteiger partial charge in [-0.05, 0) is 30.2 Å². The molecule has 1 atom stereocenters. The van der Waals surface area contributed by atoms with Gasteiger partial charge in [0.1, 0.15) is 11.6 Å². The van der Waals surface area contributed by atoms with E-state index < -0.39 is 23.1 Å². The molecule has 0 aliphatic rings. The molecule has 3 aromatic carbocycles. The first-order valence-corrected chi connectivity index (χ1v) is 11.4. The highest BCUT2D eigenvalue weighted by Crippen LogP contribution is 2.33. The zero-order valence-corrected chi connectivity index (χ0v) is 20.1. The van der Waals surface area contributed by atoms with Crippen molar-refractivity contribution in [1.82, 2.24) is 9.13 Å². The SMILES string of the molecule is COc1cccc(-c2cn(Cc3c(C)cccc3F)c(=O)n(CC(N)c3ccccc3)c2=O)c1Cl. The molecule has 0 saturated carbocycles. The Morgan fingerprint density at radius 3 is 2.40 bits per heavy atom. The number of nitrogens with two attached hydrogens (primary N) is 1. The normalized spacial score (nSPS) is 11.9. The van der Waals surface area contributed by atoms with Crippen molar-refractivity contribution in [3.63, 3.8) is 0 Å². The average molecular weight is 494 g/mol. The zero-order valence-electron chi connectivity index (χ0n) is 19.4. The van der Waals surface area contributed by atoms with Gasteiger partial charge in [0.2, 0.25) is 0 Å². The summed E-state index contributed by atoms with van der Waals surface area (Å²) < 4.78 is 22.3. The summed E-state index contributed by atoms with van der Waals surface area (Å²) in [5, 5.41) is 0.235. The molecule has 0 radical (unpaired) electrons. The molecule has 0 fully saturated rings. The van der Waals surface area contributed by atoms with Crippen LogP contribution in [-0.2, 0) is 13.1 Å². The van der Waals surface area contributed by atoms with Crippen LogP contribution in [0.25, 0.3) is 11.1 Å². The molecule has 0 spiro atoms. The highest BCUT2D eigenvalue weighted by atomic mass is 35.5. The standard InChI is InChI=1S/C27H25ClFN3O3/c1-17-8-6-12-22(29)20(17)14-31-15-21(19-11-7-13-24(35-2)25(19)28)26(33)32(27(31)34)16-23(30)18-9-4-3-5-10-18/h3-13,15,23H,14,16,30H2,1-2H3. The number of halogens is 2. The van der Waals surface area contributed by atoms with E-state index in [1.54, 1.807) is 37.3 Å². The molecule has 0 aliphatic heterocycles. The largest absolute Gasteiger partial charge is 0.495 e. The lowest BCUT2D eigenvalue weighted by molar-refractivity contribution is 0.415. The molecular formula is C27H25ClFN3O3. The first kappa shape index (κ1) is 24.4. The quantitative estimate of drug-likeness (QED) is 0.410. The van der Waals surface area contributed by atoms with Crippen molar-refractivity contribution >= 4 is 11.6 Å². The molecule has 4 aromatic rings. The van der Waals surface area contributed by atoms with Crippen LogP contribution < -0.4 is 21.7 Å². The Morgan fingerprint density at radius 2 is 1.71 bits per heavy atom. The molecule has 0 aliphatic carbocycles. The maximum atomic E-state index is 14.6. The molecule has 1 unspecified atom stereocenters. The maximum Gasteiger partial charge on any atom is 0.331 e. The van der Waals surface area contributed by atoms with Crippen LogP contribution in [0.15, 0.2) is 82.5 Å². The fourth-order valence-corrected chi connectivity index (χ4v) is 4.33. The Kier molecular flexibility index (Phi) is 7.19. The lowest BCUT2D eigenvalue weighted by atomic mass is 10.1. The van der Waals surface area contributed by atoms with Crippen LogP contribution >= 0.6 is 11.6 Å². The molecule has 0 amide bonds. The molecular weight excluding hydrogens is 469 g/mol. The molecule has 2 N–H and O–H groups in total. The summed E-state index contributed by atoms with van der Waals surface area (Å²) >= 11 is 6.53. The number of hydrogen-bond donors (Lipinski definition) is 1. The zero-order chi connectivity index (χ0) is 25.1. The number of ether oxygens (including phenoxy) is 1. The summed E-state index contributed by atoms with van der Waals surface area (Å²) in [4.78, 5) is 27.0. The van der Waals surface area contributed by atoms with Gasteiger partial charge < -0.3 is 10.5 Å². The first-order chi connectivity index (χ1) is 16.8. The van der Waals surface area contributed by atoms with E-state index in [2.05, 4.69) is 0 Å². The summed E-state index contributed by atoms with van der Waals surface area (Å²) in [6, 6.07) is 18.4. The second-order valence-electron chi connectivity index (χ2n) is 8.24. The van der Waals surface area contributed by atoms with Gasteiger partial charge in [-0.2, -0.15) is 0 Å². The Bertz CT molecular complexity index is 1460. The van der Waals surface area contributed by atoms with Gasteiger partial charge in [0.05, 0.1) is 30.8 Å². The van der Waals surface area contributed by atoms with Crippen LogP contribution in [0, 0.1) is 12.7 Å². The fourth-order valence-electron chi connectivity index (χ4n) is 4.03. The van der Waals surface area contributed by atoms with Crippen molar-refractivity contribution < 1.29 is 9.13 Å². The lowest BCUT2D eigenvalue weighted by Crippen LogP contribution is -2.42. The molecule has 0 saturated heterocycles. The molecule has 35 heavy (non-hydrogen) atoms. The van der Waals surface area contributed by atoms with Crippen molar-refractivity contribution in [3.8, 4) is 16.9 Å². The summed E-state index contributed by atoms with van der Waals surface area (Å²) in [5.74, 6) is -0.0459. The van der Waals surface area contributed by atoms with Crippen LogP contribution in [0.1, 0.15) is 22.7 Å². The molecule has 8 heteroatoms. The van der Waals surface area contributed by atoms with Crippen LogP contribution in [-0.4, -0.2) is 16.2 Å². The van der Waals surface area contributed by atoms with E-state index in [1.807, 2.05) is 30.3 Å². The Balaban J connectivity index is 1.91. The lowest BCUT2D eigenvalue weighted by Gasteiger charge is -2.18. The van der Waals surface area contributed by atoms with Crippen LogP contribution in [0.4, 0.5) is 4.39 Å². The van der Waals surface area contributed by atoms with Crippen molar-refractivity contribution in [2.24, 2.45) is 5.73 Å². The first-order valence-electron chi connectivity index (χ1n) is 11.0. The van der Waals surface area contributed by atoms with Gasteiger partial charge in [-0.3, -0.25) is 13.9 Å². The van der Waals surface area contributed by atoms with Gasteiger partial charge in [-0.15, -0.1) is 0 Å². The minimum Gasteiger partial charge on any atom is -0.495 e. The molecule has 180 valence electrons. The van der Waals surface area contributed by atoms with Gasteiger partial charge in [0, 0.05) is 23.4 Å². The smallest absolute Gasteiger partial charge is 0.331 e. The van der Waals surface area contributed by atoms with Crippen molar-refractivity contribution in [1.29, 1.82) is 0 Å².